The predicted octanol–water partition coefficient (Wildman–Crippen LogP) is 3.07. The van der Waals surface area contributed by atoms with E-state index in [0.717, 1.165) is 29.7 Å². The Kier molecular flexibility index (Phi) is 7.20. The average molecular weight is 346 g/mol. The first-order chi connectivity index (χ1) is 9.42. The second-order valence-electron chi connectivity index (χ2n) is 5.50. The zero-order valence-electron chi connectivity index (χ0n) is 13.5. The maximum atomic E-state index is 5.97. The summed E-state index contributed by atoms with van der Waals surface area (Å²) in [4.78, 5) is 0. The van der Waals surface area contributed by atoms with Crippen LogP contribution in [0.2, 0.25) is 0 Å². The van der Waals surface area contributed by atoms with Crippen LogP contribution < -0.4 is 5.32 Å². The van der Waals surface area contributed by atoms with E-state index in [4.69, 9.17) is 4.74 Å². The molecule has 2 atom stereocenters. The third-order valence-corrected chi connectivity index (χ3v) is 4.59. The molecule has 1 heterocycles. The number of nitrogens with zero attached hydrogens (tertiary/aromatic N) is 2. The van der Waals surface area contributed by atoms with Crippen molar-refractivity contribution in [3.8, 4) is 0 Å². The molecule has 0 saturated carbocycles. The van der Waals surface area contributed by atoms with Crippen LogP contribution in [0.25, 0.3) is 0 Å². The third kappa shape index (κ3) is 4.30. The summed E-state index contributed by atoms with van der Waals surface area (Å²) in [6.45, 7) is 12.3. The van der Waals surface area contributed by atoms with Crippen LogP contribution >= 0.6 is 15.9 Å². The molecule has 1 aromatic heterocycles. The summed E-state index contributed by atoms with van der Waals surface area (Å²) >= 11 is 3.65. The highest BCUT2D eigenvalue weighted by Gasteiger charge is 2.26. The first kappa shape index (κ1) is 17.7. The number of ether oxygens (including phenoxy) is 1. The van der Waals surface area contributed by atoms with Gasteiger partial charge in [0.2, 0.25) is 0 Å². The summed E-state index contributed by atoms with van der Waals surface area (Å²) in [5.74, 6) is 0.479. The van der Waals surface area contributed by atoms with Crippen LogP contribution in [0, 0.1) is 12.8 Å². The number of likely N-dealkylation sites (N-methyl/N-ethyl adjacent to an activating group) is 1. The molecule has 0 aliphatic carbocycles. The zero-order valence-corrected chi connectivity index (χ0v) is 15.1. The van der Waals surface area contributed by atoms with Crippen molar-refractivity contribution in [2.24, 2.45) is 13.0 Å². The Hall–Kier alpha value is -0.390. The molecule has 1 N–H and O–H groups in total. The third-order valence-electron chi connectivity index (χ3n) is 3.55. The standard InChI is InChI=1S/C15H28BrN3O/c1-7-17-12(15(10(3)4)20-8-2)9-13-14(16)11(5)18-19(13)6/h10,12,15,17H,7-9H2,1-6H3. The Morgan fingerprint density at radius 3 is 2.40 bits per heavy atom. The molecule has 0 aliphatic heterocycles. The lowest BCUT2D eigenvalue weighted by molar-refractivity contribution is 0.00353. The van der Waals surface area contributed by atoms with Gasteiger partial charge in [-0.05, 0) is 42.2 Å². The largest absolute Gasteiger partial charge is 0.377 e. The van der Waals surface area contributed by atoms with Crippen LogP contribution in [0.4, 0.5) is 0 Å². The monoisotopic (exact) mass is 345 g/mol. The molecule has 0 saturated heterocycles. The van der Waals surface area contributed by atoms with Crippen LogP contribution in [-0.4, -0.2) is 35.1 Å². The second kappa shape index (κ2) is 8.15. The van der Waals surface area contributed by atoms with Crippen molar-refractivity contribution in [1.82, 2.24) is 15.1 Å². The number of hydrogen-bond donors (Lipinski definition) is 1. The molecule has 0 radical (unpaired) electrons. The Labute approximate surface area is 131 Å². The maximum Gasteiger partial charge on any atom is 0.0754 e. The highest BCUT2D eigenvalue weighted by Crippen LogP contribution is 2.24. The molecule has 4 nitrogen and oxygen atoms in total. The molecule has 0 spiro atoms. The van der Waals surface area contributed by atoms with Gasteiger partial charge in [0, 0.05) is 26.1 Å². The zero-order chi connectivity index (χ0) is 15.3. The smallest absolute Gasteiger partial charge is 0.0754 e. The van der Waals surface area contributed by atoms with Crippen molar-refractivity contribution in [1.29, 1.82) is 0 Å². The Balaban J connectivity index is 2.95. The SMILES string of the molecule is CCNC(Cc1c(Br)c(C)nn1C)C(OCC)C(C)C. The first-order valence-corrected chi connectivity index (χ1v) is 8.24. The fraction of sp³-hybridized carbons (Fsp3) is 0.800. The summed E-state index contributed by atoms with van der Waals surface area (Å²) in [7, 11) is 2.00. The van der Waals surface area contributed by atoms with Gasteiger partial charge >= 0.3 is 0 Å². The van der Waals surface area contributed by atoms with E-state index in [1.54, 1.807) is 0 Å². The van der Waals surface area contributed by atoms with E-state index >= 15 is 0 Å². The molecule has 0 fully saturated rings. The molecule has 116 valence electrons. The molecular formula is C15H28BrN3O. The van der Waals surface area contributed by atoms with Crippen LogP contribution in [0.3, 0.4) is 0 Å². The van der Waals surface area contributed by atoms with Crippen LogP contribution in [0.15, 0.2) is 4.47 Å². The van der Waals surface area contributed by atoms with Gasteiger partial charge in [-0.3, -0.25) is 4.68 Å². The molecule has 5 heteroatoms. The normalized spacial score (nSPS) is 14.8. The van der Waals surface area contributed by atoms with Crippen molar-refractivity contribution >= 4 is 15.9 Å². The minimum Gasteiger partial charge on any atom is -0.377 e. The second-order valence-corrected chi connectivity index (χ2v) is 6.29. The molecule has 2 unspecified atom stereocenters. The van der Waals surface area contributed by atoms with Gasteiger partial charge in [0.1, 0.15) is 0 Å². The average Bonchev–Trinajstić information content (AvgIpc) is 2.61. The molecule has 0 amide bonds. The molecule has 20 heavy (non-hydrogen) atoms. The molecular weight excluding hydrogens is 318 g/mol. The van der Waals surface area contributed by atoms with Crippen LogP contribution in [0.5, 0.6) is 0 Å². The Morgan fingerprint density at radius 2 is 2.00 bits per heavy atom. The van der Waals surface area contributed by atoms with E-state index in [1.165, 1.54) is 5.69 Å². The lowest BCUT2D eigenvalue weighted by Gasteiger charge is -2.30. The predicted molar refractivity (Wildman–Crippen MR) is 87.1 cm³/mol. The van der Waals surface area contributed by atoms with Crippen molar-refractivity contribution in [3.63, 3.8) is 0 Å². The van der Waals surface area contributed by atoms with Crippen molar-refractivity contribution in [2.45, 2.75) is 53.2 Å². The minimum atomic E-state index is 0.210. The van der Waals surface area contributed by atoms with Gasteiger partial charge in [-0.15, -0.1) is 0 Å². The van der Waals surface area contributed by atoms with Gasteiger partial charge in [-0.25, -0.2) is 0 Å². The molecule has 0 aliphatic rings. The first-order valence-electron chi connectivity index (χ1n) is 7.45. The van der Waals surface area contributed by atoms with E-state index in [9.17, 15) is 0 Å². The lowest BCUT2D eigenvalue weighted by Crippen LogP contribution is -2.46. The quantitative estimate of drug-likeness (QED) is 0.786. The lowest BCUT2D eigenvalue weighted by atomic mass is 9.95. The maximum absolute atomic E-state index is 5.97. The molecule has 1 rings (SSSR count). The van der Waals surface area contributed by atoms with E-state index < -0.39 is 0 Å². The van der Waals surface area contributed by atoms with E-state index in [0.29, 0.717) is 12.0 Å². The van der Waals surface area contributed by atoms with Crippen molar-refractivity contribution < 1.29 is 4.74 Å². The molecule has 0 aromatic carbocycles. The minimum absolute atomic E-state index is 0.210. The van der Waals surface area contributed by atoms with Crippen molar-refractivity contribution in [2.75, 3.05) is 13.2 Å². The van der Waals surface area contributed by atoms with Crippen LogP contribution in [0.1, 0.15) is 39.1 Å². The number of hydrogen-bond acceptors (Lipinski definition) is 3. The number of nitrogens with one attached hydrogen (secondary N) is 1. The summed E-state index contributed by atoms with van der Waals surface area (Å²) in [5.41, 5.74) is 2.26. The van der Waals surface area contributed by atoms with Crippen LogP contribution in [-0.2, 0) is 18.2 Å². The Morgan fingerprint density at radius 1 is 1.35 bits per heavy atom. The summed E-state index contributed by atoms with van der Waals surface area (Å²) in [6, 6.07) is 0.297. The highest BCUT2D eigenvalue weighted by molar-refractivity contribution is 9.10. The van der Waals surface area contributed by atoms with E-state index in [1.807, 2.05) is 18.7 Å². The van der Waals surface area contributed by atoms with Gasteiger partial charge in [0.05, 0.1) is 22.0 Å². The fourth-order valence-electron chi connectivity index (χ4n) is 2.64. The van der Waals surface area contributed by atoms with E-state index in [2.05, 4.69) is 54.0 Å². The summed E-state index contributed by atoms with van der Waals surface area (Å²) < 4.78 is 9.05. The van der Waals surface area contributed by atoms with Gasteiger partial charge in [0.25, 0.3) is 0 Å². The summed E-state index contributed by atoms with van der Waals surface area (Å²) in [5, 5.41) is 8.05. The van der Waals surface area contributed by atoms with Gasteiger partial charge in [-0.2, -0.15) is 5.10 Å². The van der Waals surface area contributed by atoms with Gasteiger partial charge in [0.15, 0.2) is 0 Å². The number of aryl methyl sites for hydroxylation is 2. The highest BCUT2D eigenvalue weighted by atomic mass is 79.9. The number of halogens is 1. The van der Waals surface area contributed by atoms with E-state index in [-0.39, 0.29) is 6.10 Å². The molecule has 1 aromatic rings. The summed E-state index contributed by atoms with van der Waals surface area (Å²) in [6.07, 6.45) is 1.12. The van der Waals surface area contributed by atoms with Gasteiger partial charge in [-0.1, -0.05) is 20.8 Å². The van der Waals surface area contributed by atoms with Crippen molar-refractivity contribution in [3.05, 3.63) is 15.9 Å². The number of aromatic nitrogens is 2. The topological polar surface area (TPSA) is 39.1 Å². The van der Waals surface area contributed by atoms with Gasteiger partial charge < -0.3 is 10.1 Å². The Bertz CT molecular complexity index is 417. The molecule has 0 bridgehead atoms. The number of rotatable bonds is 8. The fourth-order valence-corrected chi connectivity index (χ4v) is 3.14.